The molecule has 0 saturated carbocycles. The third kappa shape index (κ3) is 5.70. The summed E-state index contributed by atoms with van der Waals surface area (Å²) in [6, 6.07) is 14.9. The number of imidazole rings is 1. The van der Waals surface area contributed by atoms with Crippen LogP contribution in [0.25, 0.3) is 5.65 Å². The standard InChI is InChI=1S/C23H22N4O3S/c28-22(8-4-10-24-23(29)17-9-12-31-16-17)26-18-5-3-6-20(13-18)30-15-19-14-27-11-2-1-7-21(27)25-19/h1-3,5-7,9,11-14,16H,4,8,10,15H2,(H,24,29)(H,26,28). The van der Waals surface area contributed by atoms with E-state index in [1.807, 2.05) is 58.6 Å². The maximum Gasteiger partial charge on any atom is 0.252 e. The van der Waals surface area contributed by atoms with Crippen LogP contribution in [0.3, 0.4) is 0 Å². The lowest BCUT2D eigenvalue weighted by molar-refractivity contribution is -0.116. The molecule has 0 saturated heterocycles. The fraction of sp³-hybridized carbons (Fsp3) is 0.174. The molecule has 0 aliphatic heterocycles. The number of benzene rings is 1. The Morgan fingerprint density at radius 1 is 1.13 bits per heavy atom. The van der Waals surface area contributed by atoms with Gasteiger partial charge in [0.2, 0.25) is 5.91 Å². The number of carbonyl (C=O) groups excluding carboxylic acids is 2. The second-order valence-corrected chi connectivity index (χ2v) is 7.71. The number of ether oxygens (including phenoxy) is 1. The highest BCUT2D eigenvalue weighted by atomic mass is 32.1. The number of aromatic nitrogens is 2. The number of nitrogens with one attached hydrogen (secondary N) is 2. The Morgan fingerprint density at radius 2 is 2.06 bits per heavy atom. The molecule has 1 aromatic carbocycles. The van der Waals surface area contributed by atoms with E-state index >= 15 is 0 Å². The maximum atomic E-state index is 12.2. The number of thiophene rings is 1. The lowest BCUT2D eigenvalue weighted by Crippen LogP contribution is -2.25. The van der Waals surface area contributed by atoms with Gasteiger partial charge in [-0.25, -0.2) is 4.98 Å². The van der Waals surface area contributed by atoms with E-state index in [0.717, 1.165) is 11.3 Å². The van der Waals surface area contributed by atoms with Crippen LogP contribution in [0.1, 0.15) is 28.9 Å². The zero-order chi connectivity index (χ0) is 21.5. The Hall–Kier alpha value is -3.65. The second-order valence-electron chi connectivity index (χ2n) is 6.93. The molecule has 0 radical (unpaired) electrons. The summed E-state index contributed by atoms with van der Waals surface area (Å²) in [5.41, 5.74) is 3.01. The van der Waals surface area contributed by atoms with Gasteiger partial charge in [-0.2, -0.15) is 11.3 Å². The van der Waals surface area contributed by atoms with Gasteiger partial charge < -0.3 is 19.8 Å². The molecule has 0 fully saturated rings. The van der Waals surface area contributed by atoms with Crippen LogP contribution >= 0.6 is 11.3 Å². The van der Waals surface area contributed by atoms with E-state index in [2.05, 4.69) is 15.6 Å². The quantitative estimate of drug-likeness (QED) is 0.388. The van der Waals surface area contributed by atoms with Gasteiger partial charge in [-0.05, 0) is 42.1 Å². The minimum Gasteiger partial charge on any atom is -0.487 e. The Labute approximate surface area is 183 Å². The van der Waals surface area contributed by atoms with Gasteiger partial charge in [0.25, 0.3) is 5.91 Å². The number of hydrogen-bond acceptors (Lipinski definition) is 5. The molecule has 7 nitrogen and oxygen atoms in total. The van der Waals surface area contributed by atoms with Crippen LogP contribution < -0.4 is 15.4 Å². The molecule has 0 bridgehead atoms. The normalized spacial score (nSPS) is 10.7. The average Bonchev–Trinajstić information content (AvgIpc) is 3.45. The summed E-state index contributed by atoms with van der Waals surface area (Å²) in [5.74, 6) is 0.428. The van der Waals surface area contributed by atoms with Crippen molar-refractivity contribution < 1.29 is 14.3 Å². The highest BCUT2D eigenvalue weighted by Gasteiger charge is 2.07. The molecular weight excluding hydrogens is 412 g/mol. The van der Waals surface area contributed by atoms with Gasteiger partial charge in [-0.3, -0.25) is 9.59 Å². The van der Waals surface area contributed by atoms with Gasteiger partial charge in [0, 0.05) is 48.1 Å². The van der Waals surface area contributed by atoms with Gasteiger partial charge in [0.1, 0.15) is 18.0 Å². The van der Waals surface area contributed by atoms with E-state index in [1.54, 1.807) is 17.5 Å². The lowest BCUT2D eigenvalue weighted by Gasteiger charge is -2.09. The molecule has 4 rings (SSSR count). The number of anilines is 1. The summed E-state index contributed by atoms with van der Waals surface area (Å²) in [7, 11) is 0. The Kier molecular flexibility index (Phi) is 6.59. The van der Waals surface area contributed by atoms with Gasteiger partial charge in [-0.15, -0.1) is 0 Å². The van der Waals surface area contributed by atoms with Crippen molar-refractivity contribution in [3.05, 3.63) is 82.9 Å². The summed E-state index contributed by atoms with van der Waals surface area (Å²) >= 11 is 1.48. The molecule has 0 unspecified atom stereocenters. The van der Waals surface area contributed by atoms with Crippen molar-refractivity contribution in [3.63, 3.8) is 0 Å². The summed E-state index contributed by atoms with van der Waals surface area (Å²) < 4.78 is 7.77. The molecule has 8 heteroatoms. The maximum absolute atomic E-state index is 12.2. The SMILES string of the molecule is O=C(CCCNC(=O)c1ccsc1)Nc1cccc(OCc2cn3ccccc3n2)c1. The topological polar surface area (TPSA) is 84.7 Å². The van der Waals surface area contributed by atoms with E-state index in [1.165, 1.54) is 11.3 Å². The van der Waals surface area contributed by atoms with Crippen LogP contribution in [-0.2, 0) is 11.4 Å². The van der Waals surface area contributed by atoms with Crippen molar-refractivity contribution in [1.82, 2.24) is 14.7 Å². The molecular formula is C23H22N4O3S. The number of nitrogens with zero attached hydrogens (tertiary/aromatic N) is 2. The first-order valence-electron chi connectivity index (χ1n) is 9.93. The molecule has 3 heterocycles. The van der Waals surface area contributed by atoms with Crippen molar-refractivity contribution in [2.45, 2.75) is 19.4 Å². The molecule has 0 aliphatic carbocycles. The molecule has 2 N–H and O–H groups in total. The van der Waals surface area contributed by atoms with Crippen LogP contribution in [-0.4, -0.2) is 27.7 Å². The van der Waals surface area contributed by atoms with Gasteiger partial charge in [-0.1, -0.05) is 12.1 Å². The van der Waals surface area contributed by atoms with Crippen LogP contribution in [0.2, 0.25) is 0 Å². The third-order valence-corrected chi connectivity index (χ3v) is 5.25. The minimum absolute atomic E-state index is 0.109. The summed E-state index contributed by atoms with van der Waals surface area (Å²) in [6.07, 6.45) is 4.75. The zero-order valence-electron chi connectivity index (χ0n) is 16.8. The van der Waals surface area contributed by atoms with Gasteiger partial charge in [0.05, 0.1) is 5.69 Å². The summed E-state index contributed by atoms with van der Waals surface area (Å²) in [4.78, 5) is 28.6. The van der Waals surface area contributed by atoms with E-state index in [9.17, 15) is 9.59 Å². The van der Waals surface area contributed by atoms with Crippen molar-refractivity contribution in [1.29, 1.82) is 0 Å². The van der Waals surface area contributed by atoms with E-state index in [0.29, 0.717) is 43.0 Å². The Bertz CT molecular complexity index is 1140. The fourth-order valence-corrected chi connectivity index (χ4v) is 3.68. The van der Waals surface area contributed by atoms with Crippen LogP contribution in [0.15, 0.2) is 71.7 Å². The predicted molar refractivity (Wildman–Crippen MR) is 120 cm³/mol. The van der Waals surface area contributed by atoms with Crippen molar-refractivity contribution in [2.75, 3.05) is 11.9 Å². The zero-order valence-corrected chi connectivity index (χ0v) is 17.6. The summed E-state index contributed by atoms with van der Waals surface area (Å²) in [6.45, 7) is 0.785. The van der Waals surface area contributed by atoms with Crippen LogP contribution in [0.5, 0.6) is 5.75 Å². The van der Waals surface area contributed by atoms with Gasteiger partial charge >= 0.3 is 0 Å². The smallest absolute Gasteiger partial charge is 0.252 e. The number of carbonyl (C=O) groups is 2. The lowest BCUT2D eigenvalue weighted by atomic mass is 10.2. The largest absolute Gasteiger partial charge is 0.487 e. The number of fused-ring (bicyclic) bond motifs is 1. The fourth-order valence-electron chi connectivity index (χ4n) is 3.05. The third-order valence-electron chi connectivity index (χ3n) is 4.57. The molecule has 0 aliphatic rings. The van der Waals surface area contributed by atoms with E-state index < -0.39 is 0 Å². The average molecular weight is 435 g/mol. The highest BCUT2D eigenvalue weighted by Crippen LogP contribution is 2.19. The second kappa shape index (κ2) is 9.90. The summed E-state index contributed by atoms with van der Waals surface area (Å²) in [5, 5.41) is 9.34. The molecule has 2 amide bonds. The Morgan fingerprint density at radius 3 is 2.90 bits per heavy atom. The van der Waals surface area contributed by atoms with E-state index in [4.69, 9.17) is 4.74 Å². The monoisotopic (exact) mass is 434 g/mol. The number of hydrogen-bond donors (Lipinski definition) is 2. The first-order valence-corrected chi connectivity index (χ1v) is 10.9. The molecule has 158 valence electrons. The molecule has 0 spiro atoms. The first-order chi connectivity index (χ1) is 15.2. The van der Waals surface area contributed by atoms with Crippen LogP contribution in [0, 0.1) is 0 Å². The number of rotatable bonds is 9. The molecule has 0 atom stereocenters. The molecule has 31 heavy (non-hydrogen) atoms. The number of pyridine rings is 1. The van der Waals surface area contributed by atoms with Gasteiger partial charge in [0.15, 0.2) is 0 Å². The first kappa shape index (κ1) is 20.6. The van der Waals surface area contributed by atoms with Crippen LogP contribution in [0.4, 0.5) is 5.69 Å². The minimum atomic E-state index is -0.114. The molecule has 4 aromatic rings. The highest BCUT2D eigenvalue weighted by molar-refractivity contribution is 7.08. The predicted octanol–water partition coefficient (Wildman–Crippen LogP) is 4.12. The van der Waals surface area contributed by atoms with Crippen molar-refractivity contribution in [3.8, 4) is 5.75 Å². The van der Waals surface area contributed by atoms with E-state index in [-0.39, 0.29) is 11.8 Å². The van der Waals surface area contributed by atoms with Crippen molar-refractivity contribution >= 4 is 34.5 Å². The Balaban J connectivity index is 1.22. The van der Waals surface area contributed by atoms with Crippen molar-refractivity contribution in [2.24, 2.45) is 0 Å². The number of amides is 2. The molecule has 3 aromatic heterocycles.